The van der Waals surface area contributed by atoms with Gasteiger partial charge in [0.1, 0.15) is 11.2 Å². The zero-order valence-electron chi connectivity index (χ0n) is 16.1. The first kappa shape index (κ1) is 20.4. The molecule has 1 fully saturated rings. The summed E-state index contributed by atoms with van der Waals surface area (Å²) in [6.45, 7) is 1.86. The Kier molecular flexibility index (Phi) is 5.79. The van der Waals surface area contributed by atoms with Gasteiger partial charge >= 0.3 is 0 Å². The molecule has 1 unspecified atom stereocenters. The minimum absolute atomic E-state index is 0.150. The number of thioether (sulfide) groups is 1. The van der Waals surface area contributed by atoms with Crippen LogP contribution in [0.5, 0.6) is 0 Å². The van der Waals surface area contributed by atoms with Crippen molar-refractivity contribution in [3.05, 3.63) is 94.3 Å². The topological polar surface area (TPSA) is 49.4 Å². The minimum atomic E-state index is -0.438. The fourth-order valence-electron chi connectivity index (χ4n) is 3.34. The van der Waals surface area contributed by atoms with Crippen molar-refractivity contribution in [2.75, 3.05) is 16.0 Å². The number of carbonyl (C=O) groups is 2. The Balaban J connectivity index is 1.62. The van der Waals surface area contributed by atoms with Crippen molar-refractivity contribution < 1.29 is 14.0 Å². The maximum absolute atomic E-state index is 14.5. The lowest BCUT2D eigenvalue weighted by Crippen LogP contribution is -2.28. The Labute approximate surface area is 183 Å². The number of aryl methyl sites for hydroxylation is 1. The lowest BCUT2D eigenvalue weighted by Gasteiger charge is -2.25. The summed E-state index contributed by atoms with van der Waals surface area (Å²) in [5.74, 6) is -0.613. The highest BCUT2D eigenvalue weighted by molar-refractivity contribution is 8.00. The van der Waals surface area contributed by atoms with Crippen LogP contribution in [-0.4, -0.2) is 17.6 Å². The zero-order valence-corrected chi connectivity index (χ0v) is 17.6. The molecule has 7 heteroatoms. The number of hydrogen-bond donors (Lipinski definition) is 1. The van der Waals surface area contributed by atoms with Gasteiger partial charge in [-0.3, -0.25) is 14.5 Å². The van der Waals surface area contributed by atoms with Crippen molar-refractivity contribution in [2.45, 2.75) is 12.3 Å². The molecule has 0 aromatic heterocycles. The highest BCUT2D eigenvalue weighted by atomic mass is 35.5. The van der Waals surface area contributed by atoms with Crippen molar-refractivity contribution in [1.82, 2.24) is 0 Å². The summed E-state index contributed by atoms with van der Waals surface area (Å²) >= 11 is 7.39. The Morgan fingerprint density at radius 1 is 1.13 bits per heavy atom. The maximum atomic E-state index is 14.5. The van der Waals surface area contributed by atoms with Gasteiger partial charge in [0.05, 0.1) is 11.4 Å². The second kappa shape index (κ2) is 8.50. The smallest absolute Gasteiger partial charge is 0.255 e. The van der Waals surface area contributed by atoms with E-state index < -0.39 is 5.82 Å². The summed E-state index contributed by atoms with van der Waals surface area (Å²) in [5.41, 5.74) is 2.97. The van der Waals surface area contributed by atoms with Crippen molar-refractivity contribution in [1.29, 1.82) is 0 Å². The van der Waals surface area contributed by atoms with Crippen molar-refractivity contribution in [3.63, 3.8) is 0 Å². The third kappa shape index (κ3) is 4.20. The van der Waals surface area contributed by atoms with E-state index in [4.69, 9.17) is 11.6 Å². The predicted octanol–water partition coefficient (Wildman–Crippen LogP) is 5.82. The van der Waals surface area contributed by atoms with Gasteiger partial charge in [-0.15, -0.1) is 11.8 Å². The monoisotopic (exact) mass is 440 g/mol. The molecule has 30 heavy (non-hydrogen) atoms. The molecule has 0 bridgehead atoms. The van der Waals surface area contributed by atoms with Gasteiger partial charge in [-0.1, -0.05) is 35.9 Å². The zero-order chi connectivity index (χ0) is 21.3. The van der Waals surface area contributed by atoms with Crippen LogP contribution in [0, 0.1) is 12.7 Å². The summed E-state index contributed by atoms with van der Waals surface area (Å²) < 4.78 is 14.5. The van der Waals surface area contributed by atoms with E-state index in [1.165, 1.54) is 22.7 Å². The normalized spacial score (nSPS) is 16.0. The molecule has 152 valence electrons. The van der Waals surface area contributed by atoms with Crippen LogP contribution in [0.15, 0.2) is 66.7 Å². The minimum Gasteiger partial charge on any atom is -0.322 e. The van der Waals surface area contributed by atoms with Crippen molar-refractivity contribution in [3.8, 4) is 0 Å². The number of rotatable bonds is 4. The van der Waals surface area contributed by atoms with E-state index in [9.17, 15) is 14.0 Å². The van der Waals surface area contributed by atoms with Gasteiger partial charge < -0.3 is 5.32 Å². The molecule has 1 saturated heterocycles. The molecule has 3 aromatic carbocycles. The summed E-state index contributed by atoms with van der Waals surface area (Å²) in [7, 11) is 0. The van der Waals surface area contributed by atoms with Crippen LogP contribution < -0.4 is 10.2 Å². The van der Waals surface area contributed by atoms with E-state index in [1.807, 2.05) is 13.0 Å². The number of halogens is 2. The molecule has 1 atom stereocenters. The van der Waals surface area contributed by atoms with E-state index in [0.29, 0.717) is 16.3 Å². The Bertz CT molecular complexity index is 1140. The SMILES string of the molecule is Cc1ccc(F)c(N2C(=O)CSC2c2cccc(NC(=O)c3cccc(Cl)c3)c2)c1. The Morgan fingerprint density at radius 2 is 1.93 bits per heavy atom. The third-order valence-electron chi connectivity index (χ3n) is 4.75. The number of nitrogens with one attached hydrogen (secondary N) is 1. The van der Waals surface area contributed by atoms with E-state index in [2.05, 4.69) is 5.32 Å². The number of amides is 2. The molecule has 0 saturated carbocycles. The molecule has 1 N–H and O–H groups in total. The van der Waals surface area contributed by atoms with Crippen LogP contribution in [0.4, 0.5) is 15.8 Å². The number of carbonyl (C=O) groups excluding carboxylic acids is 2. The second-order valence-electron chi connectivity index (χ2n) is 6.97. The van der Waals surface area contributed by atoms with Gasteiger partial charge in [0.15, 0.2) is 0 Å². The van der Waals surface area contributed by atoms with Gasteiger partial charge in [0, 0.05) is 16.3 Å². The molecule has 4 rings (SSSR count). The van der Waals surface area contributed by atoms with E-state index in [0.717, 1.165) is 11.1 Å². The lowest BCUT2D eigenvalue weighted by atomic mass is 10.1. The first-order valence-corrected chi connectivity index (χ1v) is 10.7. The molecule has 0 radical (unpaired) electrons. The summed E-state index contributed by atoms with van der Waals surface area (Å²) in [6.07, 6.45) is 0. The van der Waals surface area contributed by atoms with Crippen molar-refractivity contribution >= 4 is 46.6 Å². The molecule has 0 spiro atoms. The molecule has 1 aliphatic heterocycles. The highest BCUT2D eigenvalue weighted by Gasteiger charge is 2.35. The summed E-state index contributed by atoms with van der Waals surface area (Å²) in [6, 6.07) is 18.7. The largest absolute Gasteiger partial charge is 0.322 e. The van der Waals surface area contributed by atoms with Gasteiger partial charge in [-0.25, -0.2) is 4.39 Å². The first-order valence-electron chi connectivity index (χ1n) is 9.29. The standard InChI is InChI=1S/C23H18ClFN2O2S/c1-14-8-9-19(25)20(10-14)27-21(28)13-30-23(27)16-5-3-7-18(12-16)26-22(29)15-4-2-6-17(24)11-15/h2-12,23H,13H2,1H3,(H,26,29). The quantitative estimate of drug-likeness (QED) is 0.556. The maximum Gasteiger partial charge on any atom is 0.255 e. The Morgan fingerprint density at radius 3 is 2.73 bits per heavy atom. The number of nitrogens with zero attached hydrogens (tertiary/aromatic N) is 1. The molecule has 1 aliphatic rings. The average molecular weight is 441 g/mol. The molecule has 1 heterocycles. The van der Waals surface area contributed by atoms with Gasteiger partial charge in [-0.05, 0) is 60.5 Å². The second-order valence-corrected chi connectivity index (χ2v) is 8.48. The van der Waals surface area contributed by atoms with E-state index in [-0.39, 0.29) is 28.6 Å². The van der Waals surface area contributed by atoms with Crippen LogP contribution in [0.2, 0.25) is 5.02 Å². The molecule has 2 amide bonds. The fourth-order valence-corrected chi connectivity index (χ4v) is 4.69. The predicted molar refractivity (Wildman–Crippen MR) is 120 cm³/mol. The van der Waals surface area contributed by atoms with Crippen LogP contribution >= 0.6 is 23.4 Å². The molecular weight excluding hydrogens is 423 g/mol. The average Bonchev–Trinajstić information content (AvgIpc) is 3.11. The van der Waals surface area contributed by atoms with E-state index >= 15 is 0 Å². The van der Waals surface area contributed by atoms with Gasteiger partial charge in [0.2, 0.25) is 5.91 Å². The molecule has 4 nitrogen and oxygen atoms in total. The van der Waals surface area contributed by atoms with Crippen molar-refractivity contribution in [2.24, 2.45) is 0 Å². The fraction of sp³-hybridized carbons (Fsp3) is 0.130. The molecule has 0 aliphatic carbocycles. The Hall–Kier alpha value is -2.83. The summed E-state index contributed by atoms with van der Waals surface area (Å²) in [5, 5.41) is 2.95. The number of hydrogen-bond acceptors (Lipinski definition) is 3. The van der Waals surface area contributed by atoms with Crippen LogP contribution in [-0.2, 0) is 4.79 Å². The van der Waals surface area contributed by atoms with Crippen LogP contribution in [0.1, 0.15) is 26.9 Å². The van der Waals surface area contributed by atoms with Crippen LogP contribution in [0.3, 0.4) is 0 Å². The van der Waals surface area contributed by atoms with Gasteiger partial charge in [-0.2, -0.15) is 0 Å². The molecule has 3 aromatic rings. The molecular formula is C23H18ClFN2O2S. The summed E-state index contributed by atoms with van der Waals surface area (Å²) in [4.78, 5) is 26.6. The highest BCUT2D eigenvalue weighted by Crippen LogP contribution is 2.43. The number of benzene rings is 3. The lowest BCUT2D eigenvalue weighted by molar-refractivity contribution is -0.115. The number of anilines is 2. The first-order chi connectivity index (χ1) is 14.4. The van der Waals surface area contributed by atoms with E-state index in [1.54, 1.807) is 54.6 Å². The van der Waals surface area contributed by atoms with Crippen LogP contribution in [0.25, 0.3) is 0 Å². The third-order valence-corrected chi connectivity index (χ3v) is 6.19. The van der Waals surface area contributed by atoms with Gasteiger partial charge in [0.25, 0.3) is 5.91 Å².